The first-order valence-corrected chi connectivity index (χ1v) is 9.95. The van der Waals surface area contributed by atoms with Crippen LogP contribution in [0.25, 0.3) is 0 Å². The van der Waals surface area contributed by atoms with Crippen LogP contribution in [-0.2, 0) is 9.53 Å². The van der Waals surface area contributed by atoms with Crippen molar-refractivity contribution in [3.63, 3.8) is 0 Å². The molecule has 0 aromatic heterocycles. The van der Waals surface area contributed by atoms with Crippen LogP contribution >= 0.6 is 11.8 Å². The van der Waals surface area contributed by atoms with E-state index in [2.05, 4.69) is 54.4 Å². The first-order valence-electron chi connectivity index (χ1n) is 8.96. The zero-order chi connectivity index (χ0) is 18.5. The van der Waals surface area contributed by atoms with E-state index >= 15 is 0 Å². The molecule has 1 aliphatic heterocycles. The number of amides is 1. The number of aryl methyl sites for hydroxylation is 3. The van der Waals surface area contributed by atoms with Crippen LogP contribution in [0.15, 0.2) is 41.3 Å². The van der Waals surface area contributed by atoms with Crippen LogP contribution in [-0.4, -0.2) is 38.0 Å². The summed E-state index contributed by atoms with van der Waals surface area (Å²) in [4.78, 5) is 15.8. The third-order valence-corrected chi connectivity index (χ3v) is 5.72. The van der Waals surface area contributed by atoms with Crippen molar-refractivity contribution < 1.29 is 9.53 Å². The Hall–Kier alpha value is -1.98. The van der Waals surface area contributed by atoms with Crippen molar-refractivity contribution in [2.45, 2.75) is 25.7 Å². The van der Waals surface area contributed by atoms with Crippen molar-refractivity contribution in [3.05, 3.63) is 53.1 Å². The van der Waals surface area contributed by atoms with Crippen LogP contribution in [0, 0.1) is 20.8 Å². The number of nitrogens with one attached hydrogen (secondary N) is 1. The number of hydrogen-bond donors (Lipinski definition) is 1. The summed E-state index contributed by atoms with van der Waals surface area (Å²) < 4.78 is 5.41. The van der Waals surface area contributed by atoms with Gasteiger partial charge in [-0.15, -0.1) is 11.8 Å². The predicted molar refractivity (Wildman–Crippen MR) is 109 cm³/mol. The Kier molecular flexibility index (Phi) is 6.22. The minimum atomic E-state index is 0.0260. The maximum Gasteiger partial charge on any atom is 0.234 e. The molecule has 1 N–H and O–H groups in total. The Morgan fingerprint density at radius 2 is 1.85 bits per heavy atom. The van der Waals surface area contributed by atoms with E-state index < -0.39 is 0 Å². The van der Waals surface area contributed by atoms with Gasteiger partial charge in [0, 0.05) is 29.4 Å². The summed E-state index contributed by atoms with van der Waals surface area (Å²) in [5, 5.41) is 3.04. The number of hydrogen-bond acceptors (Lipinski definition) is 4. The minimum absolute atomic E-state index is 0.0260. The molecule has 1 amide bonds. The fourth-order valence-corrected chi connectivity index (χ4v) is 3.92. The van der Waals surface area contributed by atoms with Crippen LogP contribution in [0.2, 0.25) is 0 Å². The third-order valence-electron chi connectivity index (χ3n) is 4.56. The van der Waals surface area contributed by atoms with E-state index in [0.29, 0.717) is 5.75 Å². The third kappa shape index (κ3) is 4.80. The van der Waals surface area contributed by atoms with Crippen LogP contribution in [0.3, 0.4) is 0 Å². The second-order valence-electron chi connectivity index (χ2n) is 6.70. The van der Waals surface area contributed by atoms with Crippen LogP contribution in [0.4, 0.5) is 11.4 Å². The van der Waals surface area contributed by atoms with Gasteiger partial charge in [0.2, 0.25) is 5.91 Å². The van der Waals surface area contributed by atoms with Crippen molar-refractivity contribution in [1.29, 1.82) is 0 Å². The fourth-order valence-electron chi connectivity index (χ4n) is 3.00. The van der Waals surface area contributed by atoms with Gasteiger partial charge in [-0.1, -0.05) is 17.7 Å². The molecular formula is C21H26N2O2S. The number of benzene rings is 2. The molecule has 0 saturated carbocycles. The number of anilines is 2. The van der Waals surface area contributed by atoms with Crippen molar-refractivity contribution in [2.24, 2.45) is 0 Å². The van der Waals surface area contributed by atoms with E-state index in [1.165, 1.54) is 21.7 Å². The molecule has 1 heterocycles. The molecule has 0 unspecified atom stereocenters. The largest absolute Gasteiger partial charge is 0.378 e. The van der Waals surface area contributed by atoms with Crippen molar-refractivity contribution in [3.8, 4) is 0 Å². The second-order valence-corrected chi connectivity index (χ2v) is 7.72. The van der Waals surface area contributed by atoms with Gasteiger partial charge in [-0.3, -0.25) is 4.79 Å². The number of ether oxygens (including phenoxy) is 1. The molecule has 0 aliphatic carbocycles. The standard InChI is InChI=1S/C21H26N2O2S/c1-15-4-5-16(2)20(12-15)26-14-21(24)22-19-7-6-18(13-17(19)3)23-8-10-25-11-9-23/h4-7,12-13H,8-11,14H2,1-3H3,(H,22,24). The number of nitrogens with zero attached hydrogens (tertiary/aromatic N) is 1. The lowest BCUT2D eigenvalue weighted by Gasteiger charge is -2.29. The summed E-state index contributed by atoms with van der Waals surface area (Å²) in [5.74, 6) is 0.438. The van der Waals surface area contributed by atoms with Crippen molar-refractivity contribution in [2.75, 3.05) is 42.3 Å². The Morgan fingerprint density at radius 3 is 2.58 bits per heavy atom. The van der Waals surface area contributed by atoms with E-state index in [-0.39, 0.29) is 5.91 Å². The molecule has 2 aromatic carbocycles. The molecule has 0 bridgehead atoms. The van der Waals surface area contributed by atoms with Crippen LogP contribution in [0.5, 0.6) is 0 Å². The quantitative estimate of drug-likeness (QED) is 0.802. The van der Waals surface area contributed by atoms with E-state index in [0.717, 1.165) is 37.6 Å². The SMILES string of the molecule is Cc1ccc(C)c(SCC(=O)Nc2ccc(N3CCOCC3)cc2C)c1. The molecule has 0 atom stereocenters. The molecule has 138 valence electrons. The smallest absolute Gasteiger partial charge is 0.234 e. The first kappa shape index (κ1) is 18.8. The van der Waals surface area contributed by atoms with Crippen molar-refractivity contribution >= 4 is 29.0 Å². The van der Waals surface area contributed by atoms with E-state index in [9.17, 15) is 4.79 Å². The maximum absolute atomic E-state index is 12.4. The molecule has 1 saturated heterocycles. The summed E-state index contributed by atoms with van der Waals surface area (Å²) in [6.07, 6.45) is 0. The van der Waals surface area contributed by atoms with Crippen molar-refractivity contribution in [1.82, 2.24) is 0 Å². The normalized spacial score (nSPS) is 14.3. The molecule has 0 spiro atoms. The highest BCUT2D eigenvalue weighted by Crippen LogP contribution is 2.26. The van der Waals surface area contributed by atoms with Gasteiger partial charge in [0.1, 0.15) is 0 Å². The second kappa shape index (κ2) is 8.60. The van der Waals surface area contributed by atoms with E-state index in [1.807, 2.05) is 13.0 Å². The van der Waals surface area contributed by atoms with Gasteiger partial charge in [-0.2, -0.15) is 0 Å². The summed E-state index contributed by atoms with van der Waals surface area (Å²) in [6, 6.07) is 12.5. The number of morpholine rings is 1. The topological polar surface area (TPSA) is 41.6 Å². The van der Waals surface area contributed by atoms with Gasteiger partial charge < -0.3 is 15.0 Å². The Labute approximate surface area is 159 Å². The van der Waals surface area contributed by atoms with Crippen LogP contribution in [0.1, 0.15) is 16.7 Å². The molecule has 5 heteroatoms. The lowest BCUT2D eigenvalue weighted by molar-refractivity contribution is -0.113. The van der Waals surface area contributed by atoms with Gasteiger partial charge >= 0.3 is 0 Å². The molecule has 3 rings (SSSR count). The summed E-state index contributed by atoms with van der Waals surface area (Å²) >= 11 is 1.59. The Morgan fingerprint density at radius 1 is 1.08 bits per heavy atom. The first-order chi connectivity index (χ1) is 12.5. The highest BCUT2D eigenvalue weighted by atomic mass is 32.2. The number of rotatable bonds is 5. The molecular weight excluding hydrogens is 344 g/mol. The lowest BCUT2D eigenvalue weighted by atomic mass is 10.1. The predicted octanol–water partition coefficient (Wildman–Crippen LogP) is 4.18. The molecule has 4 nitrogen and oxygen atoms in total. The summed E-state index contributed by atoms with van der Waals surface area (Å²) in [6.45, 7) is 9.56. The average Bonchev–Trinajstić information content (AvgIpc) is 2.65. The maximum atomic E-state index is 12.4. The van der Waals surface area contributed by atoms with Gasteiger partial charge in [-0.05, 0) is 56.2 Å². The number of thioether (sulfide) groups is 1. The van der Waals surface area contributed by atoms with Gasteiger partial charge in [0.25, 0.3) is 0 Å². The van der Waals surface area contributed by atoms with Gasteiger partial charge in [0.05, 0.1) is 19.0 Å². The lowest BCUT2D eigenvalue weighted by Crippen LogP contribution is -2.36. The monoisotopic (exact) mass is 370 g/mol. The van der Waals surface area contributed by atoms with E-state index in [1.54, 1.807) is 11.8 Å². The molecule has 0 radical (unpaired) electrons. The van der Waals surface area contributed by atoms with E-state index in [4.69, 9.17) is 4.74 Å². The number of carbonyl (C=O) groups is 1. The summed E-state index contributed by atoms with van der Waals surface area (Å²) in [7, 11) is 0. The molecule has 1 aliphatic rings. The Bertz CT molecular complexity index is 786. The zero-order valence-corrected chi connectivity index (χ0v) is 16.5. The average molecular weight is 371 g/mol. The van der Waals surface area contributed by atoms with Crippen LogP contribution < -0.4 is 10.2 Å². The fraction of sp³-hybridized carbons (Fsp3) is 0.381. The molecule has 26 heavy (non-hydrogen) atoms. The minimum Gasteiger partial charge on any atom is -0.378 e. The highest BCUT2D eigenvalue weighted by molar-refractivity contribution is 8.00. The van der Waals surface area contributed by atoms with Gasteiger partial charge in [0.15, 0.2) is 0 Å². The van der Waals surface area contributed by atoms with Gasteiger partial charge in [-0.25, -0.2) is 0 Å². The molecule has 2 aromatic rings. The summed E-state index contributed by atoms with van der Waals surface area (Å²) in [5.41, 5.74) is 5.58. The number of carbonyl (C=O) groups excluding carboxylic acids is 1. The molecule has 1 fully saturated rings. The Balaban J connectivity index is 1.59. The zero-order valence-electron chi connectivity index (χ0n) is 15.7. The highest BCUT2D eigenvalue weighted by Gasteiger charge is 2.13.